The molecule has 2 aromatic carbocycles. The van der Waals surface area contributed by atoms with Crippen LogP contribution in [0.3, 0.4) is 0 Å². The van der Waals surface area contributed by atoms with E-state index in [0.717, 1.165) is 22.4 Å². The molecule has 0 bridgehead atoms. The molecule has 3 nitrogen and oxygen atoms in total. The number of hydrogen-bond acceptors (Lipinski definition) is 3. The van der Waals surface area contributed by atoms with Gasteiger partial charge >= 0.3 is 0 Å². The molecule has 0 heterocycles. The van der Waals surface area contributed by atoms with E-state index in [1.807, 2.05) is 38.1 Å². The van der Waals surface area contributed by atoms with Gasteiger partial charge in [0.15, 0.2) is 0 Å². The van der Waals surface area contributed by atoms with Crippen LogP contribution in [0.5, 0.6) is 11.5 Å². The van der Waals surface area contributed by atoms with Crippen LogP contribution in [0.25, 0.3) is 0 Å². The molecule has 0 fully saturated rings. The first-order valence-corrected chi connectivity index (χ1v) is 6.33. The van der Waals surface area contributed by atoms with E-state index in [9.17, 15) is 5.11 Å². The fourth-order valence-corrected chi connectivity index (χ4v) is 1.96. The van der Waals surface area contributed by atoms with E-state index < -0.39 is 0 Å². The Morgan fingerprint density at radius 3 is 2.68 bits per heavy atom. The van der Waals surface area contributed by atoms with E-state index >= 15 is 0 Å². The van der Waals surface area contributed by atoms with Crippen LogP contribution in [0.4, 0.5) is 0 Å². The van der Waals surface area contributed by atoms with Crippen molar-refractivity contribution in [3.63, 3.8) is 0 Å². The molecule has 0 aliphatic heterocycles. The van der Waals surface area contributed by atoms with Gasteiger partial charge in [0.05, 0.1) is 0 Å². The highest BCUT2D eigenvalue weighted by Gasteiger charge is 2.08. The van der Waals surface area contributed by atoms with Gasteiger partial charge < -0.3 is 15.6 Å². The zero-order valence-electron chi connectivity index (χ0n) is 11.3. The van der Waals surface area contributed by atoms with Crippen molar-refractivity contribution in [1.29, 1.82) is 0 Å². The second kappa shape index (κ2) is 5.76. The third-order valence-electron chi connectivity index (χ3n) is 2.96. The number of aryl methyl sites for hydroxylation is 1. The summed E-state index contributed by atoms with van der Waals surface area (Å²) >= 11 is 0. The SMILES string of the molecule is Cc1ccc(OCc2cccc(O)c2)c(C(C)N)c1. The van der Waals surface area contributed by atoms with Crippen molar-refractivity contribution in [2.45, 2.75) is 26.5 Å². The van der Waals surface area contributed by atoms with Gasteiger partial charge in [0.2, 0.25) is 0 Å². The van der Waals surface area contributed by atoms with Gasteiger partial charge in [-0.25, -0.2) is 0 Å². The van der Waals surface area contributed by atoms with Gasteiger partial charge in [0.25, 0.3) is 0 Å². The Bertz CT molecular complexity index is 564. The van der Waals surface area contributed by atoms with Gasteiger partial charge in [-0.2, -0.15) is 0 Å². The molecule has 100 valence electrons. The standard InChI is InChI=1S/C16H19NO2/c1-11-6-7-16(15(8-11)12(2)17)19-10-13-4-3-5-14(18)9-13/h3-9,12,18H,10,17H2,1-2H3. The predicted octanol–water partition coefficient (Wildman–Crippen LogP) is 3.30. The Morgan fingerprint density at radius 1 is 1.21 bits per heavy atom. The highest BCUT2D eigenvalue weighted by Crippen LogP contribution is 2.26. The lowest BCUT2D eigenvalue weighted by Crippen LogP contribution is -2.08. The largest absolute Gasteiger partial charge is 0.508 e. The first-order valence-electron chi connectivity index (χ1n) is 6.33. The van der Waals surface area contributed by atoms with Crippen molar-refractivity contribution in [3.8, 4) is 11.5 Å². The Hall–Kier alpha value is -2.00. The maximum atomic E-state index is 9.41. The van der Waals surface area contributed by atoms with E-state index in [-0.39, 0.29) is 11.8 Å². The Labute approximate surface area is 113 Å². The quantitative estimate of drug-likeness (QED) is 0.883. The van der Waals surface area contributed by atoms with Crippen LogP contribution in [0.2, 0.25) is 0 Å². The summed E-state index contributed by atoms with van der Waals surface area (Å²) < 4.78 is 5.80. The third-order valence-corrected chi connectivity index (χ3v) is 2.96. The Balaban J connectivity index is 2.15. The van der Waals surface area contributed by atoms with Crippen molar-refractivity contribution in [2.24, 2.45) is 5.73 Å². The fraction of sp³-hybridized carbons (Fsp3) is 0.250. The molecule has 0 radical (unpaired) electrons. The molecule has 1 atom stereocenters. The smallest absolute Gasteiger partial charge is 0.124 e. The molecule has 0 saturated carbocycles. The number of hydrogen-bond donors (Lipinski definition) is 2. The van der Waals surface area contributed by atoms with Crippen LogP contribution in [0.15, 0.2) is 42.5 Å². The van der Waals surface area contributed by atoms with Gasteiger partial charge in [-0.3, -0.25) is 0 Å². The summed E-state index contributed by atoms with van der Waals surface area (Å²) in [5.74, 6) is 1.04. The minimum Gasteiger partial charge on any atom is -0.508 e. The molecule has 0 aliphatic carbocycles. The van der Waals surface area contributed by atoms with E-state index in [4.69, 9.17) is 10.5 Å². The van der Waals surface area contributed by atoms with E-state index in [1.165, 1.54) is 0 Å². The molecular formula is C16H19NO2. The average molecular weight is 257 g/mol. The molecule has 19 heavy (non-hydrogen) atoms. The minimum atomic E-state index is -0.0703. The first-order chi connectivity index (χ1) is 9.06. The van der Waals surface area contributed by atoms with Gasteiger partial charge in [0.1, 0.15) is 18.1 Å². The molecule has 1 unspecified atom stereocenters. The van der Waals surface area contributed by atoms with E-state index in [0.29, 0.717) is 6.61 Å². The summed E-state index contributed by atoms with van der Waals surface area (Å²) in [5.41, 5.74) is 9.05. The molecular weight excluding hydrogens is 238 g/mol. The molecule has 3 heteroatoms. The topological polar surface area (TPSA) is 55.5 Å². The number of benzene rings is 2. The van der Waals surface area contributed by atoms with E-state index in [2.05, 4.69) is 0 Å². The van der Waals surface area contributed by atoms with Crippen LogP contribution < -0.4 is 10.5 Å². The van der Waals surface area contributed by atoms with Gasteiger partial charge in [-0.15, -0.1) is 0 Å². The second-order valence-electron chi connectivity index (χ2n) is 4.79. The molecule has 0 spiro atoms. The van der Waals surface area contributed by atoms with Gasteiger partial charge in [-0.05, 0) is 37.6 Å². The summed E-state index contributed by atoms with van der Waals surface area (Å²) in [6.45, 7) is 4.39. The first kappa shape index (κ1) is 13.4. The normalized spacial score (nSPS) is 12.2. The Morgan fingerprint density at radius 2 is 2.00 bits per heavy atom. The van der Waals surface area contributed by atoms with Crippen LogP contribution >= 0.6 is 0 Å². The van der Waals surface area contributed by atoms with Crippen LogP contribution in [-0.4, -0.2) is 5.11 Å². The summed E-state index contributed by atoms with van der Waals surface area (Å²) in [7, 11) is 0. The third kappa shape index (κ3) is 3.48. The van der Waals surface area contributed by atoms with Crippen molar-refractivity contribution >= 4 is 0 Å². The minimum absolute atomic E-state index is 0.0703. The number of nitrogens with two attached hydrogens (primary N) is 1. The van der Waals surface area contributed by atoms with Crippen molar-refractivity contribution in [1.82, 2.24) is 0 Å². The molecule has 0 saturated heterocycles. The zero-order chi connectivity index (χ0) is 13.8. The zero-order valence-corrected chi connectivity index (χ0v) is 11.3. The average Bonchev–Trinajstić information content (AvgIpc) is 2.37. The molecule has 0 amide bonds. The van der Waals surface area contributed by atoms with Crippen LogP contribution in [0.1, 0.15) is 29.7 Å². The van der Waals surface area contributed by atoms with Gasteiger partial charge in [0, 0.05) is 11.6 Å². The monoisotopic (exact) mass is 257 g/mol. The summed E-state index contributed by atoms with van der Waals surface area (Å²) in [6, 6.07) is 13.0. The maximum absolute atomic E-state index is 9.41. The van der Waals surface area contributed by atoms with Crippen molar-refractivity contribution < 1.29 is 9.84 Å². The highest BCUT2D eigenvalue weighted by molar-refractivity contribution is 5.39. The molecule has 0 aromatic heterocycles. The maximum Gasteiger partial charge on any atom is 0.124 e. The second-order valence-corrected chi connectivity index (χ2v) is 4.79. The van der Waals surface area contributed by atoms with E-state index in [1.54, 1.807) is 18.2 Å². The summed E-state index contributed by atoms with van der Waals surface area (Å²) in [4.78, 5) is 0. The van der Waals surface area contributed by atoms with Crippen molar-refractivity contribution in [3.05, 3.63) is 59.2 Å². The highest BCUT2D eigenvalue weighted by atomic mass is 16.5. The van der Waals surface area contributed by atoms with Crippen LogP contribution in [0, 0.1) is 6.92 Å². The molecule has 2 aromatic rings. The van der Waals surface area contributed by atoms with Crippen LogP contribution in [-0.2, 0) is 6.61 Å². The number of phenols is 1. The van der Waals surface area contributed by atoms with Gasteiger partial charge in [-0.1, -0.05) is 29.8 Å². The number of ether oxygens (including phenoxy) is 1. The lowest BCUT2D eigenvalue weighted by atomic mass is 10.1. The molecule has 2 rings (SSSR count). The summed E-state index contributed by atoms with van der Waals surface area (Å²) in [5, 5.41) is 9.41. The lowest BCUT2D eigenvalue weighted by molar-refractivity contribution is 0.300. The number of phenolic OH excluding ortho intramolecular Hbond substituents is 1. The Kier molecular flexibility index (Phi) is 4.07. The van der Waals surface area contributed by atoms with Crippen molar-refractivity contribution in [2.75, 3.05) is 0 Å². The number of rotatable bonds is 4. The predicted molar refractivity (Wildman–Crippen MR) is 76.2 cm³/mol. The molecule has 0 aliphatic rings. The molecule has 3 N–H and O–H groups in total. The fourth-order valence-electron chi connectivity index (χ4n) is 1.96. The lowest BCUT2D eigenvalue weighted by Gasteiger charge is -2.15. The number of aromatic hydroxyl groups is 1. The summed E-state index contributed by atoms with van der Waals surface area (Å²) in [6.07, 6.45) is 0.